The van der Waals surface area contributed by atoms with Crippen LogP contribution in [0.15, 0.2) is 78.9 Å². The molecular weight excluding hydrogens is 471 g/mol. The topological polar surface area (TPSA) is 58.6 Å². The van der Waals surface area contributed by atoms with Crippen LogP contribution >= 0.6 is 23.2 Å². The number of benzene rings is 3. The number of carbonyl (C=O) groups is 2. The van der Waals surface area contributed by atoms with Crippen LogP contribution in [0, 0.1) is 0 Å². The van der Waals surface area contributed by atoms with E-state index in [1.165, 1.54) is 0 Å². The number of para-hydroxylation sites is 1. The minimum atomic E-state index is -0.733. The highest BCUT2D eigenvalue weighted by atomic mass is 35.5. The van der Waals surface area contributed by atoms with Crippen molar-refractivity contribution in [2.45, 2.75) is 38.9 Å². The van der Waals surface area contributed by atoms with Crippen molar-refractivity contribution >= 4 is 35.0 Å². The molecule has 34 heavy (non-hydrogen) atoms. The number of amides is 2. The Bertz CT molecular complexity index is 1090. The summed E-state index contributed by atoms with van der Waals surface area (Å²) in [4.78, 5) is 28.3. The molecule has 178 valence electrons. The molecule has 5 nitrogen and oxygen atoms in total. The lowest BCUT2D eigenvalue weighted by Gasteiger charge is -2.32. The summed E-state index contributed by atoms with van der Waals surface area (Å²) in [5, 5.41) is 3.97. The number of nitrogens with zero attached hydrogens (tertiary/aromatic N) is 1. The lowest BCUT2D eigenvalue weighted by molar-refractivity contribution is -0.143. The van der Waals surface area contributed by atoms with Crippen LogP contribution in [0.4, 0.5) is 0 Å². The van der Waals surface area contributed by atoms with E-state index in [2.05, 4.69) is 5.32 Å². The Kier molecular flexibility index (Phi) is 9.37. The Hall–Kier alpha value is -3.02. The summed E-state index contributed by atoms with van der Waals surface area (Å²) >= 11 is 12.2. The van der Waals surface area contributed by atoms with Gasteiger partial charge in [-0.25, -0.2) is 0 Å². The van der Waals surface area contributed by atoms with Gasteiger partial charge in [0.25, 0.3) is 5.91 Å². The SMILES string of the molecule is CC(C)NC(=O)C(Cc1ccccc1)N(Cc1ccc(Cl)cc1)C(=O)COc1ccccc1Cl. The van der Waals surface area contributed by atoms with Crippen LogP contribution in [0.3, 0.4) is 0 Å². The molecule has 2 amide bonds. The van der Waals surface area contributed by atoms with E-state index in [1.807, 2.05) is 56.3 Å². The molecule has 0 radical (unpaired) electrons. The third-order valence-corrected chi connectivity index (χ3v) is 5.72. The zero-order valence-corrected chi connectivity index (χ0v) is 20.7. The molecule has 0 spiro atoms. The molecule has 1 unspecified atom stereocenters. The largest absolute Gasteiger partial charge is 0.482 e. The Labute approximate surface area is 210 Å². The predicted octanol–water partition coefficient (Wildman–Crippen LogP) is 5.54. The molecule has 0 aliphatic heterocycles. The molecule has 0 heterocycles. The summed E-state index contributed by atoms with van der Waals surface area (Å²) in [5.74, 6) is -0.135. The number of hydrogen-bond donors (Lipinski definition) is 1. The van der Waals surface area contributed by atoms with Gasteiger partial charge in [0.2, 0.25) is 5.91 Å². The van der Waals surface area contributed by atoms with E-state index in [-0.39, 0.29) is 31.0 Å². The first-order chi connectivity index (χ1) is 16.3. The van der Waals surface area contributed by atoms with E-state index in [9.17, 15) is 9.59 Å². The summed E-state index contributed by atoms with van der Waals surface area (Å²) in [5.41, 5.74) is 1.80. The highest BCUT2D eigenvalue weighted by molar-refractivity contribution is 6.32. The predicted molar refractivity (Wildman–Crippen MR) is 136 cm³/mol. The second-order valence-corrected chi connectivity index (χ2v) is 9.08. The van der Waals surface area contributed by atoms with Crippen molar-refractivity contribution in [3.8, 4) is 5.75 Å². The van der Waals surface area contributed by atoms with Crippen LogP contribution in [-0.4, -0.2) is 35.4 Å². The van der Waals surface area contributed by atoms with Gasteiger partial charge in [-0.3, -0.25) is 9.59 Å². The number of ether oxygens (including phenoxy) is 1. The first-order valence-electron chi connectivity index (χ1n) is 11.1. The lowest BCUT2D eigenvalue weighted by atomic mass is 10.0. The molecule has 0 fully saturated rings. The van der Waals surface area contributed by atoms with Gasteiger partial charge in [0.15, 0.2) is 6.61 Å². The van der Waals surface area contributed by atoms with Gasteiger partial charge in [0.05, 0.1) is 5.02 Å². The molecule has 1 atom stereocenters. The molecule has 0 saturated heterocycles. The number of hydrogen-bond acceptors (Lipinski definition) is 3. The van der Waals surface area contributed by atoms with E-state index in [4.69, 9.17) is 27.9 Å². The molecule has 0 bridgehead atoms. The first-order valence-corrected chi connectivity index (χ1v) is 11.8. The number of carbonyl (C=O) groups excluding carboxylic acids is 2. The highest BCUT2D eigenvalue weighted by Crippen LogP contribution is 2.23. The first kappa shape index (κ1) is 25.6. The maximum absolute atomic E-state index is 13.5. The Morgan fingerprint density at radius 2 is 1.53 bits per heavy atom. The zero-order valence-electron chi connectivity index (χ0n) is 19.2. The van der Waals surface area contributed by atoms with Crippen molar-refractivity contribution in [2.75, 3.05) is 6.61 Å². The zero-order chi connectivity index (χ0) is 24.5. The second kappa shape index (κ2) is 12.4. The molecule has 0 saturated carbocycles. The smallest absolute Gasteiger partial charge is 0.261 e. The monoisotopic (exact) mass is 498 g/mol. The third kappa shape index (κ3) is 7.51. The normalized spacial score (nSPS) is 11.7. The van der Waals surface area contributed by atoms with Gasteiger partial charge in [-0.05, 0) is 49.2 Å². The molecule has 0 aromatic heterocycles. The minimum absolute atomic E-state index is 0.0716. The van der Waals surface area contributed by atoms with Crippen LogP contribution in [0.2, 0.25) is 10.0 Å². The van der Waals surface area contributed by atoms with Gasteiger partial charge in [-0.2, -0.15) is 0 Å². The molecule has 0 aliphatic carbocycles. The average molecular weight is 499 g/mol. The van der Waals surface area contributed by atoms with Crippen LogP contribution in [0.25, 0.3) is 0 Å². The molecule has 3 aromatic carbocycles. The summed E-state index contributed by atoms with van der Waals surface area (Å²) in [6.45, 7) is 3.76. The van der Waals surface area contributed by atoms with E-state index in [1.54, 1.807) is 41.3 Å². The fourth-order valence-corrected chi connectivity index (χ4v) is 3.82. The average Bonchev–Trinajstić information content (AvgIpc) is 2.82. The molecular formula is C27H28Cl2N2O3. The van der Waals surface area contributed by atoms with E-state index >= 15 is 0 Å². The van der Waals surface area contributed by atoms with Gasteiger partial charge in [-0.1, -0.05) is 77.8 Å². The van der Waals surface area contributed by atoms with E-state index < -0.39 is 6.04 Å². The van der Waals surface area contributed by atoms with Crippen molar-refractivity contribution in [2.24, 2.45) is 0 Å². The van der Waals surface area contributed by atoms with Gasteiger partial charge < -0.3 is 15.0 Å². The quantitative estimate of drug-likeness (QED) is 0.399. The Balaban J connectivity index is 1.91. The van der Waals surface area contributed by atoms with E-state index in [0.29, 0.717) is 22.2 Å². The highest BCUT2D eigenvalue weighted by Gasteiger charge is 2.31. The van der Waals surface area contributed by atoms with E-state index in [0.717, 1.165) is 11.1 Å². The van der Waals surface area contributed by atoms with Crippen molar-refractivity contribution in [1.82, 2.24) is 10.2 Å². The molecule has 3 aromatic rings. The standard InChI is InChI=1S/C27H28Cl2N2O3/c1-19(2)30-27(33)24(16-20-8-4-3-5-9-20)31(17-21-12-14-22(28)15-13-21)26(32)18-34-25-11-7-6-10-23(25)29/h3-15,19,24H,16-18H2,1-2H3,(H,30,33). The Morgan fingerprint density at radius 3 is 2.18 bits per heavy atom. The van der Waals surface area contributed by atoms with Crippen LogP contribution in [0.1, 0.15) is 25.0 Å². The fraction of sp³-hybridized carbons (Fsp3) is 0.259. The third-order valence-electron chi connectivity index (χ3n) is 5.16. The van der Waals surface area contributed by atoms with Gasteiger partial charge >= 0.3 is 0 Å². The van der Waals surface area contributed by atoms with Gasteiger partial charge in [0.1, 0.15) is 11.8 Å². The molecule has 3 rings (SSSR count). The van der Waals surface area contributed by atoms with Crippen molar-refractivity contribution in [3.63, 3.8) is 0 Å². The maximum atomic E-state index is 13.5. The number of halogens is 2. The second-order valence-electron chi connectivity index (χ2n) is 8.24. The molecule has 1 N–H and O–H groups in total. The van der Waals surface area contributed by atoms with Crippen molar-refractivity contribution < 1.29 is 14.3 Å². The lowest BCUT2D eigenvalue weighted by Crippen LogP contribution is -2.52. The summed E-state index contributed by atoms with van der Waals surface area (Å²) in [6, 6.07) is 23.0. The van der Waals surface area contributed by atoms with Crippen LogP contribution in [-0.2, 0) is 22.6 Å². The number of nitrogens with one attached hydrogen (secondary N) is 1. The van der Waals surface area contributed by atoms with Crippen molar-refractivity contribution in [3.05, 3.63) is 100 Å². The molecule has 0 aliphatic rings. The summed E-state index contributed by atoms with van der Waals surface area (Å²) in [6.07, 6.45) is 0.366. The number of rotatable bonds is 10. The summed E-state index contributed by atoms with van der Waals surface area (Å²) in [7, 11) is 0. The fourth-order valence-electron chi connectivity index (χ4n) is 3.51. The summed E-state index contributed by atoms with van der Waals surface area (Å²) < 4.78 is 5.72. The minimum Gasteiger partial charge on any atom is -0.482 e. The van der Waals surface area contributed by atoms with Crippen molar-refractivity contribution in [1.29, 1.82) is 0 Å². The molecule has 7 heteroatoms. The van der Waals surface area contributed by atoms with Gasteiger partial charge in [-0.15, -0.1) is 0 Å². The van der Waals surface area contributed by atoms with Crippen LogP contribution < -0.4 is 10.1 Å². The maximum Gasteiger partial charge on any atom is 0.261 e. The van der Waals surface area contributed by atoms with Crippen LogP contribution in [0.5, 0.6) is 5.75 Å². The Morgan fingerprint density at radius 1 is 0.882 bits per heavy atom. The van der Waals surface area contributed by atoms with Gasteiger partial charge in [0, 0.05) is 24.0 Å².